The van der Waals surface area contributed by atoms with Crippen LogP contribution >= 0.6 is 11.3 Å². The molecule has 2 aromatic heterocycles. The van der Waals surface area contributed by atoms with Crippen LogP contribution in [0.25, 0.3) is 0 Å². The average molecular weight is 294 g/mol. The van der Waals surface area contributed by atoms with E-state index in [0.717, 1.165) is 18.1 Å². The van der Waals surface area contributed by atoms with E-state index in [2.05, 4.69) is 15.4 Å². The van der Waals surface area contributed by atoms with Gasteiger partial charge in [-0.1, -0.05) is 11.3 Å². The Morgan fingerprint density at radius 1 is 1.55 bits per heavy atom. The van der Waals surface area contributed by atoms with Gasteiger partial charge in [0.05, 0.1) is 0 Å². The number of aromatic nitrogens is 3. The first-order valence-electron chi connectivity index (χ1n) is 6.27. The molecule has 0 bridgehead atoms. The lowest BCUT2D eigenvalue weighted by atomic mass is 10.4. The summed E-state index contributed by atoms with van der Waals surface area (Å²) in [6.07, 6.45) is 4.44. The molecule has 0 saturated heterocycles. The molecular weight excluding hydrogens is 276 g/mol. The molecule has 0 fully saturated rings. The number of thiazole rings is 1. The summed E-state index contributed by atoms with van der Waals surface area (Å²) in [4.78, 5) is 18.4. The van der Waals surface area contributed by atoms with Crippen molar-refractivity contribution in [3.63, 3.8) is 0 Å². The van der Waals surface area contributed by atoms with Gasteiger partial charge in [-0.05, 0) is 12.5 Å². The predicted molar refractivity (Wildman–Crippen MR) is 80.0 cm³/mol. The largest absolute Gasteiger partial charge is 0.382 e. The minimum absolute atomic E-state index is 0.173. The number of anilines is 2. The van der Waals surface area contributed by atoms with Crippen LogP contribution in [0.4, 0.5) is 10.9 Å². The van der Waals surface area contributed by atoms with E-state index in [0.29, 0.717) is 11.4 Å². The van der Waals surface area contributed by atoms with Crippen molar-refractivity contribution in [1.82, 2.24) is 20.1 Å². The second-order valence-electron chi connectivity index (χ2n) is 4.48. The third kappa shape index (κ3) is 3.47. The van der Waals surface area contributed by atoms with E-state index in [9.17, 15) is 4.79 Å². The number of nitrogens with one attached hydrogen (secondary N) is 1. The standard InChI is InChI=1S/C12H18N6OS/c1-17(2)12-16-10(13)9(20-12)11(19)14-5-3-7-18-8-4-6-15-18/h4,6,8H,3,5,7,13H2,1-2H3,(H,14,19). The molecule has 20 heavy (non-hydrogen) atoms. The van der Waals surface area contributed by atoms with Gasteiger partial charge in [-0.15, -0.1) is 0 Å². The zero-order valence-electron chi connectivity index (χ0n) is 11.5. The third-order valence-electron chi connectivity index (χ3n) is 2.64. The number of amides is 1. The van der Waals surface area contributed by atoms with Crippen molar-refractivity contribution in [2.75, 3.05) is 31.3 Å². The molecule has 7 nitrogen and oxygen atoms in total. The maximum atomic E-state index is 12.0. The maximum absolute atomic E-state index is 12.0. The van der Waals surface area contributed by atoms with Crippen molar-refractivity contribution < 1.29 is 4.79 Å². The van der Waals surface area contributed by atoms with Crippen molar-refractivity contribution in [3.8, 4) is 0 Å². The van der Waals surface area contributed by atoms with Crippen LogP contribution in [-0.2, 0) is 6.54 Å². The van der Waals surface area contributed by atoms with Crippen LogP contribution in [0, 0.1) is 0 Å². The third-order valence-corrected chi connectivity index (χ3v) is 3.88. The SMILES string of the molecule is CN(C)c1nc(N)c(C(=O)NCCCn2cccn2)s1. The Balaban J connectivity index is 1.82. The number of hydrogen-bond acceptors (Lipinski definition) is 6. The Bertz CT molecular complexity index is 563. The predicted octanol–water partition coefficient (Wildman–Crippen LogP) is 0.808. The molecule has 108 valence electrons. The Hall–Kier alpha value is -2.09. The van der Waals surface area contributed by atoms with Crippen LogP contribution in [0.5, 0.6) is 0 Å². The summed E-state index contributed by atoms with van der Waals surface area (Å²) < 4.78 is 1.83. The fourth-order valence-electron chi connectivity index (χ4n) is 1.63. The lowest BCUT2D eigenvalue weighted by Gasteiger charge is -2.05. The normalized spacial score (nSPS) is 10.5. The van der Waals surface area contributed by atoms with E-state index in [1.165, 1.54) is 11.3 Å². The van der Waals surface area contributed by atoms with E-state index in [1.54, 1.807) is 6.20 Å². The van der Waals surface area contributed by atoms with Crippen LogP contribution in [0.3, 0.4) is 0 Å². The Kier molecular flexibility index (Phi) is 4.57. The van der Waals surface area contributed by atoms with Gasteiger partial charge in [0.15, 0.2) is 5.13 Å². The molecule has 0 aliphatic carbocycles. The Morgan fingerprint density at radius 2 is 2.35 bits per heavy atom. The molecule has 2 rings (SSSR count). The van der Waals surface area contributed by atoms with Crippen LogP contribution < -0.4 is 16.0 Å². The second kappa shape index (κ2) is 6.38. The number of hydrogen-bond donors (Lipinski definition) is 2. The molecule has 2 aromatic rings. The Labute approximate surface area is 121 Å². The molecule has 0 aromatic carbocycles. The first kappa shape index (κ1) is 14.3. The maximum Gasteiger partial charge on any atom is 0.265 e. The summed E-state index contributed by atoms with van der Waals surface area (Å²) in [5, 5.41) is 7.67. The summed E-state index contributed by atoms with van der Waals surface area (Å²) in [7, 11) is 3.73. The highest BCUT2D eigenvalue weighted by molar-refractivity contribution is 7.18. The van der Waals surface area contributed by atoms with Gasteiger partial charge in [-0.2, -0.15) is 5.10 Å². The van der Waals surface area contributed by atoms with Crippen LogP contribution in [0.2, 0.25) is 0 Å². The monoisotopic (exact) mass is 294 g/mol. The zero-order valence-corrected chi connectivity index (χ0v) is 12.4. The molecule has 0 saturated carbocycles. The lowest BCUT2D eigenvalue weighted by Crippen LogP contribution is -2.25. The van der Waals surface area contributed by atoms with Crippen molar-refractivity contribution in [2.24, 2.45) is 0 Å². The Morgan fingerprint density at radius 3 is 2.95 bits per heavy atom. The summed E-state index contributed by atoms with van der Waals surface area (Å²) in [6.45, 7) is 1.35. The van der Waals surface area contributed by atoms with Gasteiger partial charge in [0.2, 0.25) is 0 Å². The second-order valence-corrected chi connectivity index (χ2v) is 5.46. The highest BCUT2D eigenvalue weighted by Crippen LogP contribution is 2.26. The number of rotatable bonds is 6. The molecule has 8 heteroatoms. The molecule has 2 heterocycles. The molecule has 3 N–H and O–H groups in total. The van der Waals surface area contributed by atoms with Crippen LogP contribution in [-0.4, -0.2) is 41.3 Å². The van der Waals surface area contributed by atoms with E-state index in [-0.39, 0.29) is 11.7 Å². The number of carbonyl (C=O) groups is 1. The van der Waals surface area contributed by atoms with Gasteiger partial charge in [0.25, 0.3) is 5.91 Å². The van der Waals surface area contributed by atoms with E-state index >= 15 is 0 Å². The van der Waals surface area contributed by atoms with E-state index in [4.69, 9.17) is 5.73 Å². The first-order valence-corrected chi connectivity index (χ1v) is 7.09. The topological polar surface area (TPSA) is 89.1 Å². The van der Waals surface area contributed by atoms with Crippen molar-refractivity contribution in [3.05, 3.63) is 23.3 Å². The summed E-state index contributed by atoms with van der Waals surface area (Å²) >= 11 is 1.29. The van der Waals surface area contributed by atoms with Gasteiger partial charge < -0.3 is 16.0 Å². The van der Waals surface area contributed by atoms with Crippen LogP contribution in [0.15, 0.2) is 18.5 Å². The minimum Gasteiger partial charge on any atom is -0.382 e. The van der Waals surface area contributed by atoms with Gasteiger partial charge >= 0.3 is 0 Å². The molecular formula is C12H18N6OS. The van der Waals surface area contributed by atoms with Crippen molar-refractivity contribution in [2.45, 2.75) is 13.0 Å². The molecule has 0 aliphatic rings. The number of nitrogens with two attached hydrogens (primary N) is 1. The zero-order chi connectivity index (χ0) is 14.5. The highest BCUT2D eigenvalue weighted by Gasteiger charge is 2.16. The van der Waals surface area contributed by atoms with Crippen molar-refractivity contribution >= 4 is 28.2 Å². The highest BCUT2D eigenvalue weighted by atomic mass is 32.1. The fraction of sp³-hybridized carbons (Fsp3) is 0.417. The number of carbonyl (C=O) groups excluding carboxylic acids is 1. The van der Waals surface area contributed by atoms with E-state index in [1.807, 2.05) is 35.9 Å². The van der Waals surface area contributed by atoms with Crippen LogP contribution in [0.1, 0.15) is 16.1 Å². The molecule has 0 aliphatic heterocycles. The molecule has 1 amide bonds. The quantitative estimate of drug-likeness (QED) is 0.770. The van der Waals surface area contributed by atoms with Crippen molar-refractivity contribution in [1.29, 1.82) is 0 Å². The fourth-order valence-corrected chi connectivity index (χ4v) is 2.45. The molecule has 0 atom stereocenters. The summed E-state index contributed by atoms with van der Waals surface area (Å²) in [6, 6.07) is 1.87. The smallest absolute Gasteiger partial charge is 0.265 e. The lowest BCUT2D eigenvalue weighted by molar-refractivity contribution is 0.0957. The van der Waals surface area contributed by atoms with Gasteiger partial charge in [-0.3, -0.25) is 9.48 Å². The van der Waals surface area contributed by atoms with Gasteiger partial charge in [-0.25, -0.2) is 4.98 Å². The first-order chi connectivity index (χ1) is 9.58. The molecule has 0 unspecified atom stereocenters. The molecule has 0 spiro atoms. The minimum atomic E-state index is -0.173. The van der Waals surface area contributed by atoms with Gasteiger partial charge in [0, 0.05) is 39.6 Å². The number of aryl methyl sites for hydroxylation is 1. The number of nitrogen functional groups attached to an aromatic ring is 1. The number of nitrogens with zero attached hydrogens (tertiary/aromatic N) is 4. The van der Waals surface area contributed by atoms with Gasteiger partial charge in [0.1, 0.15) is 10.7 Å². The molecule has 0 radical (unpaired) electrons. The summed E-state index contributed by atoms with van der Waals surface area (Å²) in [5.74, 6) is 0.108. The average Bonchev–Trinajstić information content (AvgIpc) is 3.03. The summed E-state index contributed by atoms with van der Waals surface area (Å²) in [5.41, 5.74) is 5.76. The van der Waals surface area contributed by atoms with E-state index < -0.39 is 0 Å².